The van der Waals surface area contributed by atoms with Crippen molar-refractivity contribution in [1.29, 1.82) is 0 Å². The SMILES string of the molecule is CCCCNCc1c2ccccc2cc2cc(-c3ccc4c(CNCCOCCOCCN)c5ccccc5cc4c3)ccc12. The predicted molar refractivity (Wildman–Crippen MR) is 191 cm³/mol. The smallest absolute Gasteiger partial charge is 0.0701 e. The minimum atomic E-state index is 0.541. The van der Waals surface area contributed by atoms with Crippen LogP contribution in [0.2, 0.25) is 0 Å². The second-order valence-corrected chi connectivity index (χ2v) is 11.7. The highest BCUT2D eigenvalue weighted by atomic mass is 16.5. The Kier molecular flexibility index (Phi) is 10.7. The standard InChI is InChI=1S/C40H45N3O2/c1-2-3-17-42-27-39-35-10-6-4-8-31(35)25-33-23-29(12-14-37(33)39)30-13-15-38-34(24-30)26-32-9-5-7-11-36(32)40(38)28-43-18-20-45-22-21-44-19-16-41/h4-15,23-26,42-43H,2-3,16-22,27-28,41H2,1H3. The summed E-state index contributed by atoms with van der Waals surface area (Å²) in [5.41, 5.74) is 10.7. The van der Waals surface area contributed by atoms with Crippen LogP contribution in [0.4, 0.5) is 0 Å². The number of benzene rings is 6. The fourth-order valence-corrected chi connectivity index (χ4v) is 6.35. The summed E-state index contributed by atoms with van der Waals surface area (Å²) in [6.07, 6.45) is 2.40. The van der Waals surface area contributed by atoms with Gasteiger partial charge in [0.1, 0.15) is 0 Å². The fraction of sp³-hybridized carbons (Fsp3) is 0.300. The van der Waals surface area contributed by atoms with Gasteiger partial charge >= 0.3 is 0 Å². The van der Waals surface area contributed by atoms with Crippen molar-refractivity contribution in [1.82, 2.24) is 10.6 Å². The van der Waals surface area contributed by atoms with E-state index in [-0.39, 0.29) is 0 Å². The zero-order valence-corrected chi connectivity index (χ0v) is 26.4. The van der Waals surface area contributed by atoms with Crippen LogP contribution in [0.3, 0.4) is 0 Å². The van der Waals surface area contributed by atoms with Crippen molar-refractivity contribution in [3.63, 3.8) is 0 Å². The molecule has 0 aromatic heterocycles. The summed E-state index contributed by atoms with van der Waals surface area (Å²) in [5.74, 6) is 0. The van der Waals surface area contributed by atoms with Gasteiger partial charge in [0, 0.05) is 26.2 Å². The van der Waals surface area contributed by atoms with Crippen molar-refractivity contribution < 1.29 is 9.47 Å². The number of ether oxygens (including phenoxy) is 2. The Morgan fingerprint density at radius 3 is 1.60 bits per heavy atom. The number of nitrogens with one attached hydrogen (secondary N) is 2. The molecule has 0 saturated heterocycles. The van der Waals surface area contributed by atoms with Crippen LogP contribution in [0.25, 0.3) is 54.2 Å². The third-order valence-corrected chi connectivity index (χ3v) is 8.65. The number of hydrogen-bond acceptors (Lipinski definition) is 5. The molecule has 0 bridgehead atoms. The van der Waals surface area contributed by atoms with E-state index in [1.165, 1.54) is 78.2 Å². The Morgan fingerprint density at radius 1 is 0.533 bits per heavy atom. The average Bonchev–Trinajstić information content (AvgIpc) is 3.08. The van der Waals surface area contributed by atoms with E-state index in [9.17, 15) is 0 Å². The van der Waals surface area contributed by atoms with Gasteiger partial charge in [0.15, 0.2) is 0 Å². The van der Waals surface area contributed by atoms with Crippen molar-refractivity contribution in [3.8, 4) is 11.1 Å². The number of nitrogens with two attached hydrogens (primary N) is 1. The Labute approximate surface area is 266 Å². The maximum atomic E-state index is 5.72. The molecule has 0 atom stereocenters. The number of fused-ring (bicyclic) bond motifs is 4. The first kappa shape index (κ1) is 31.2. The molecular formula is C40H45N3O2. The quantitative estimate of drug-likeness (QED) is 0.0779. The van der Waals surface area contributed by atoms with Crippen molar-refractivity contribution in [2.45, 2.75) is 32.9 Å². The van der Waals surface area contributed by atoms with Gasteiger partial charge in [-0.1, -0.05) is 86.1 Å². The molecule has 0 aliphatic rings. The van der Waals surface area contributed by atoms with Crippen molar-refractivity contribution in [3.05, 3.63) is 108 Å². The largest absolute Gasteiger partial charge is 0.378 e. The van der Waals surface area contributed by atoms with Crippen LogP contribution in [-0.2, 0) is 22.6 Å². The molecule has 45 heavy (non-hydrogen) atoms. The van der Waals surface area contributed by atoms with Gasteiger partial charge in [0.05, 0.1) is 26.4 Å². The summed E-state index contributed by atoms with van der Waals surface area (Å²) in [7, 11) is 0. The number of unbranched alkanes of at least 4 members (excludes halogenated alkanes) is 1. The van der Waals surface area contributed by atoms with E-state index in [0.717, 1.165) is 26.2 Å². The first-order chi connectivity index (χ1) is 22.3. The van der Waals surface area contributed by atoms with E-state index in [1.807, 2.05) is 0 Å². The molecule has 0 heterocycles. The first-order valence-corrected chi connectivity index (χ1v) is 16.4. The molecule has 0 aliphatic carbocycles. The van der Waals surface area contributed by atoms with Crippen LogP contribution in [0.15, 0.2) is 97.1 Å². The lowest BCUT2D eigenvalue weighted by atomic mass is 9.91. The normalized spacial score (nSPS) is 11.8. The van der Waals surface area contributed by atoms with Gasteiger partial charge in [-0.05, 0) is 103 Å². The molecule has 0 aliphatic heterocycles. The highest BCUT2D eigenvalue weighted by molar-refractivity contribution is 6.05. The first-order valence-electron chi connectivity index (χ1n) is 16.4. The van der Waals surface area contributed by atoms with Crippen LogP contribution < -0.4 is 16.4 Å². The summed E-state index contributed by atoms with van der Waals surface area (Å²) in [4.78, 5) is 0. The monoisotopic (exact) mass is 599 g/mol. The van der Waals surface area contributed by atoms with Gasteiger partial charge in [-0.2, -0.15) is 0 Å². The van der Waals surface area contributed by atoms with Crippen LogP contribution in [0.1, 0.15) is 30.9 Å². The van der Waals surface area contributed by atoms with Crippen LogP contribution in [-0.4, -0.2) is 46.1 Å². The third kappa shape index (κ3) is 7.36. The van der Waals surface area contributed by atoms with E-state index in [0.29, 0.717) is 33.0 Å². The third-order valence-electron chi connectivity index (χ3n) is 8.65. The Morgan fingerprint density at radius 2 is 1.04 bits per heavy atom. The lowest BCUT2D eigenvalue weighted by molar-refractivity contribution is 0.0518. The lowest BCUT2D eigenvalue weighted by Gasteiger charge is -2.15. The number of hydrogen-bond donors (Lipinski definition) is 3. The molecule has 0 spiro atoms. The van der Waals surface area contributed by atoms with E-state index < -0.39 is 0 Å². The highest BCUT2D eigenvalue weighted by Crippen LogP contribution is 2.35. The molecule has 6 aromatic rings. The maximum Gasteiger partial charge on any atom is 0.0701 e. The van der Waals surface area contributed by atoms with E-state index >= 15 is 0 Å². The van der Waals surface area contributed by atoms with Crippen molar-refractivity contribution in [2.24, 2.45) is 5.73 Å². The molecule has 5 heteroatoms. The number of rotatable bonds is 16. The van der Waals surface area contributed by atoms with Gasteiger partial charge in [0.25, 0.3) is 0 Å². The zero-order valence-electron chi connectivity index (χ0n) is 26.4. The second kappa shape index (κ2) is 15.4. The van der Waals surface area contributed by atoms with Crippen LogP contribution >= 0.6 is 0 Å². The molecule has 0 radical (unpaired) electrons. The maximum absolute atomic E-state index is 5.72. The zero-order chi connectivity index (χ0) is 30.8. The van der Waals surface area contributed by atoms with Gasteiger partial charge in [0.2, 0.25) is 0 Å². The topological polar surface area (TPSA) is 68.5 Å². The summed E-state index contributed by atoms with van der Waals surface area (Å²) >= 11 is 0. The Balaban J connectivity index is 1.27. The minimum absolute atomic E-state index is 0.541. The highest BCUT2D eigenvalue weighted by Gasteiger charge is 2.12. The van der Waals surface area contributed by atoms with Crippen molar-refractivity contribution >= 4 is 43.1 Å². The molecule has 232 valence electrons. The second-order valence-electron chi connectivity index (χ2n) is 11.7. The lowest BCUT2D eigenvalue weighted by Crippen LogP contribution is -2.21. The van der Waals surface area contributed by atoms with Crippen LogP contribution in [0, 0.1) is 0 Å². The van der Waals surface area contributed by atoms with Gasteiger partial charge in [-0.25, -0.2) is 0 Å². The Bertz CT molecular complexity index is 1880. The van der Waals surface area contributed by atoms with Gasteiger partial charge in [-0.3, -0.25) is 0 Å². The van der Waals surface area contributed by atoms with Crippen molar-refractivity contribution in [2.75, 3.05) is 46.1 Å². The molecule has 0 fully saturated rings. The molecular weight excluding hydrogens is 554 g/mol. The molecule has 0 amide bonds. The van der Waals surface area contributed by atoms with E-state index in [1.54, 1.807) is 0 Å². The van der Waals surface area contributed by atoms with Crippen LogP contribution in [0.5, 0.6) is 0 Å². The predicted octanol–water partition coefficient (Wildman–Crippen LogP) is 7.94. The minimum Gasteiger partial charge on any atom is -0.378 e. The summed E-state index contributed by atoms with van der Waals surface area (Å²) in [6.45, 7) is 8.66. The fourth-order valence-electron chi connectivity index (χ4n) is 6.35. The molecule has 6 rings (SSSR count). The average molecular weight is 600 g/mol. The Hall–Kier alpha value is -3.84. The van der Waals surface area contributed by atoms with Gasteiger partial charge < -0.3 is 25.8 Å². The molecule has 0 saturated carbocycles. The molecule has 4 N–H and O–H groups in total. The van der Waals surface area contributed by atoms with Gasteiger partial charge in [-0.15, -0.1) is 0 Å². The van der Waals surface area contributed by atoms with E-state index in [4.69, 9.17) is 15.2 Å². The summed E-state index contributed by atoms with van der Waals surface area (Å²) in [5, 5.41) is 17.6. The summed E-state index contributed by atoms with van der Waals surface area (Å²) in [6, 6.07) is 36.1. The summed E-state index contributed by atoms with van der Waals surface area (Å²) < 4.78 is 11.1. The molecule has 6 aromatic carbocycles. The molecule has 0 unspecified atom stereocenters. The molecule has 5 nitrogen and oxygen atoms in total. The van der Waals surface area contributed by atoms with E-state index in [2.05, 4.69) is 115 Å².